The molecule has 1 amide bonds. The van der Waals surface area contributed by atoms with Crippen LogP contribution in [0, 0.1) is 0 Å². The Kier molecular flexibility index (Phi) is 4.37. The predicted molar refractivity (Wildman–Crippen MR) is 107 cm³/mol. The van der Waals surface area contributed by atoms with Crippen molar-refractivity contribution in [2.24, 2.45) is 0 Å². The third-order valence-corrected chi connectivity index (χ3v) is 5.88. The van der Waals surface area contributed by atoms with Gasteiger partial charge in [0.25, 0.3) is 0 Å². The van der Waals surface area contributed by atoms with Crippen molar-refractivity contribution < 1.29 is 24.2 Å². The van der Waals surface area contributed by atoms with Crippen molar-refractivity contribution in [1.29, 1.82) is 0 Å². The normalized spacial score (nSPS) is 17.3. The topological polar surface area (TPSA) is 81.0 Å². The van der Waals surface area contributed by atoms with E-state index in [0.717, 1.165) is 17.1 Å². The Bertz CT molecular complexity index is 978. The number of esters is 1. The maximum Gasteiger partial charge on any atom is 0.407 e. The van der Waals surface area contributed by atoms with Crippen LogP contribution in [-0.2, 0) is 15.8 Å². The van der Waals surface area contributed by atoms with Crippen LogP contribution < -0.4 is 4.74 Å². The quantitative estimate of drug-likeness (QED) is 0.737. The minimum atomic E-state index is -0.908. The van der Waals surface area contributed by atoms with Crippen molar-refractivity contribution in [3.8, 4) is 11.4 Å². The molecule has 2 aromatic rings. The van der Waals surface area contributed by atoms with E-state index in [1.54, 1.807) is 12.1 Å². The Balaban J connectivity index is 1.86. The van der Waals surface area contributed by atoms with Crippen LogP contribution >= 0.6 is 0 Å². The third-order valence-electron chi connectivity index (χ3n) is 5.88. The van der Waals surface area contributed by atoms with Crippen LogP contribution in [0.1, 0.15) is 55.4 Å². The minimum Gasteiger partial charge on any atom is -0.479 e. The second kappa shape index (κ2) is 6.54. The maximum absolute atomic E-state index is 12.1. The van der Waals surface area contributed by atoms with Crippen LogP contribution in [0.25, 0.3) is 5.69 Å². The highest BCUT2D eigenvalue weighted by Gasteiger charge is 2.46. The molecular formula is C22H26N2O5. The lowest BCUT2D eigenvalue weighted by molar-refractivity contribution is -0.00944. The number of methoxy groups -OCH3 is 1. The van der Waals surface area contributed by atoms with E-state index in [4.69, 9.17) is 9.47 Å². The summed E-state index contributed by atoms with van der Waals surface area (Å²) in [5.74, 6) is 0.200. The number of piperidine rings is 1. The molecule has 1 N–H and O–H groups in total. The first kappa shape index (κ1) is 19.4. The molecule has 7 heteroatoms. The van der Waals surface area contributed by atoms with Gasteiger partial charge in [-0.1, -0.05) is 20.8 Å². The Hall–Kier alpha value is -2.96. The van der Waals surface area contributed by atoms with Gasteiger partial charge in [-0.15, -0.1) is 0 Å². The lowest BCUT2D eigenvalue weighted by Gasteiger charge is -2.45. The molecule has 4 rings (SSSR count). The van der Waals surface area contributed by atoms with Crippen molar-refractivity contribution in [2.75, 3.05) is 20.2 Å². The number of hydrogen-bond donors (Lipinski definition) is 1. The summed E-state index contributed by atoms with van der Waals surface area (Å²) in [6.45, 7) is 7.28. The molecule has 1 saturated heterocycles. The molecule has 0 saturated carbocycles. The number of nitrogens with zero attached hydrogens (tertiary/aromatic N) is 2. The van der Waals surface area contributed by atoms with E-state index in [0.29, 0.717) is 37.2 Å². The van der Waals surface area contributed by atoms with Gasteiger partial charge in [0.15, 0.2) is 5.60 Å². The molecule has 154 valence electrons. The van der Waals surface area contributed by atoms with Crippen LogP contribution in [0.3, 0.4) is 0 Å². The molecule has 0 bridgehead atoms. The summed E-state index contributed by atoms with van der Waals surface area (Å²) in [4.78, 5) is 24.9. The molecule has 0 atom stereocenters. The molecule has 1 spiro atoms. The summed E-state index contributed by atoms with van der Waals surface area (Å²) in [6, 6.07) is 9.57. The van der Waals surface area contributed by atoms with Crippen LogP contribution in [0.15, 0.2) is 30.3 Å². The van der Waals surface area contributed by atoms with E-state index >= 15 is 0 Å². The SMILES string of the molecule is COC(=O)c1ccc2c(c1)OC1(CCN(C(=O)O)CC1)c1ccc(C(C)(C)C)n1-2. The van der Waals surface area contributed by atoms with Crippen LogP contribution in [0.5, 0.6) is 5.75 Å². The smallest absolute Gasteiger partial charge is 0.407 e. The maximum atomic E-state index is 12.1. The molecule has 2 aliphatic rings. The average molecular weight is 398 g/mol. The van der Waals surface area contributed by atoms with Gasteiger partial charge in [0.05, 0.1) is 24.1 Å². The van der Waals surface area contributed by atoms with E-state index in [-0.39, 0.29) is 5.41 Å². The lowest BCUT2D eigenvalue weighted by Crippen LogP contribution is -2.50. The number of fused-ring (bicyclic) bond motifs is 4. The summed E-state index contributed by atoms with van der Waals surface area (Å²) in [5, 5.41) is 9.34. The zero-order valence-corrected chi connectivity index (χ0v) is 17.2. The number of aromatic nitrogens is 1. The molecule has 1 aromatic carbocycles. The number of rotatable bonds is 1. The van der Waals surface area contributed by atoms with Gasteiger partial charge >= 0.3 is 12.1 Å². The zero-order chi connectivity index (χ0) is 21.0. The number of benzene rings is 1. The first-order valence-electron chi connectivity index (χ1n) is 9.79. The molecule has 3 heterocycles. The summed E-state index contributed by atoms with van der Waals surface area (Å²) in [7, 11) is 1.35. The molecule has 29 heavy (non-hydrogen) atoms. The number of ether oxygens (including phenoxy) is 2. The van der Waals surface area contributed by atoms with Crippen molar-refractivity contribution in [2.45, 2.75) is 44.6 Å². The predicted octanol–water partition coefficient (Wildman–Crippen LogP) is 3.92. The van der Waals surface area contributed by atoms with Gasteiger partial charge in [0.2, 0.25) is 0 Å². The van der Waals surface area contributed by atoms with Gasteiger partial charge in [-0.2, -0.15) is 0 Å². The number of carbonyl (C=O) groups is 2. The van der Waals surface area contributed by atoms with Gasteiger partial charge in [-0.25, -0.2) is 9.59 Å². The second-order valence-electron chi connectivity index (χ2n) is 8.73. The van der Waals surface area contributed by atoms with E-state index in [1.165, 1.54) is 12.0 Å². The van der Waals surface area contributed by atoms with Gasteiger partial charge in [-0.05, 0) is 30.3 Å². The third kappa shape index (κ3) is 3.05. The van der Waals surface area contributed by atoms with Crippen molar-refractivity contribution >= 4 is 12.1 Å². The highest BCUT2D eigenvalue weighted by atomic mass is 16.5. The Morgan fingerprint density at radius 1 is 1.14 bits per heavy atom. The fraction of sp³-hybridized carbons (Fsp3) is 0.455. The monoisotopic (exact) mass is 398 g/mol. The van der Waals surface area contributed by atoms with Crippen LogP contribution in [0.4, 0.5) is 4.79 Å². The Morgan fingerprint density at radius 3 is 2.41 bits per heavy atom. The largest absolute Gasteiger partial charge is 0.479 e. The molecule has 0 aliphatic carbocycles. The van der Waals surface area contributed by atoms with Gasteiger partial charge in [0.1, 0.15) is 5.75 Å². The fourth-order valence-electron chi connectivity index (χ4n) is 4.34. The Labute approximate surface area is 169 Å². The molecule has 1 fully saturated rings. The zero-order valence-electron chi connectivity index (χ0n) is 17.2. The standard InChI is InChI=1S/C22H26N2O5/c1-21(2,3)17-7-8-18-22(9-11-23(12-10-22)20(26)27)29-16-13-14(19(25)28-4)5-6-15(16)24(17)18/h5-8,13H,9-12H2,1-4H3,(H,26,27). The van der Waals surface area contributed by atoms with Gasteiger partial charge < -0.3 is 24.0 Å². The highest BCUT2D eigenvalue weighted by Crippen LogP contribution is 2.47. The molecule has 7 nitrogen and oxygen atoms in total. The number of carbonyl (C=O) groups excluding carboxylic acids is 1. The number of carboxylic acid groups (broad SMARTS) is 1. The lowest BCUT2D eigenvalue weighted by atomic mass is 9.86. The van der Waals surface area contributed by atoms with Crippen molar-refractivity contribution in [3.05, 3.63) is 47.3 Å². The fourth-order valence-corrected chi connectivity index (χ4v) is 4.34. The second-order valence-corrected chi connectivity index (χ2v) is 8.73. The van der Waals surface area contributed by atoms with Gasteiger partial charge in [-0.3, -0.25) is 0 Å². The van der Waals surface area contributed by atoms with E-state index in [1.807, 2.05) is 6.07 Å². The van der Waals surface area contributed by atoms with E-state index in [9.17, 15) is 14.7 Å². The number of likely N-dealkylation sites (tertiary alicyclic amines) is 1. The molecule has 0 radical (unpaired) electrons. The number of amides is 1. The summed E-state index contributed by atoms with van der Waals surface area (Å²) < 4.78 is 13.6. The van der Waals surface area contributed by atoms with E-state index < -0.39 is 17.7 Å². The van der Waals surface area contributed by atoms with Gasteiger partial charge in [0, 0.05) is 37.0 Å². The Morgan fingerprint density at radius 2 is 1.83 bits per heavy atom. The van der Waals surface area contributed by atoms with Crippen molar-refractivity contribution in [1.82, 2.24) is 9.47 Å². The summed E-state index contributed by atoms with van der Waals surface area (Å²) in [6.07, 6.45) is 0.193. The molecule has 2 aliphatic heterocycles. The summed E-state index contributed by atoms with van der Waals surface area (Å²) in [5.41, 5.74) is 2.76. The molecular weight excluding hydrogens is 372 g/mol. The first-order valence-corrected chi connectivity index (χ1v) is 9.79. The van der Waals surface area contributed by atoms with Crippen LogP contribution in [-0.4, -0.2) is 46.8 Å². The summed E-state index contributed by atoms with van der Waals surface area (Å²) >= 11 is 0. The number of hydrogen-bond acceptors (Lipinski definition) is 4. The highest BCUT2D eigenvalue weighted by molar-refractivity contribution is 5.90. The first-order chi connectivity index (χ1) is 13.7. The minimum absolute atomic E-state index is 0.100. The average Bonchev–Trinajstić information content (AvgIpc) is 3.14. The van der Waals surface area contributed by atoms with Crippen LogP contribution in [0.2, 0.25) is 0 Å². The van der Waals surface area contributed by atoms with E-state index in [2.05, 4.69) is 37.5 Å². The molecule has 1 aromatic heterocycles. The van der Waals surface area contributed by atoms with Crippen molar-refractivity contribution in [3.63, 3.8) is 0 Å². The molecule has 0 unspecified atom stereocenters.